The molecule has 1 N–H and O–H groups in total. The van der Waals surface area contributed by atoms with Crippen molar-refractivity contribution in [1.82, 2.24) is 15.2 Å². The summed E-state index contributed by atoms with van der Waals surface area (Å²) in [6.07, 6.45) is 4.03. The van der Waals surface area contributed by atoms with Crippen LogP contribution < -0.4 is 5.32 Å². The summed E-state index contributed by atoms with van der Waals surface area (Å²) in [5, 5.41) is 4.12. The standard InChI is InChI=1S/C25H25N3O4S/c1-30-24(29)17-9-7-16(8-10-17)20-11-12-21(32-20)23-22(19-6-2-3-13-26-19)27-25(33)28(23)15-18-5-4-14-31-18/h2-3,6-13,18,22-23H,4-5,14-15H2,1H3,(H,27,33)/t18-,22+,23-/m0/s1. The molecule has 5 rings (SSSR count). The van der Waals surface area contributed by atoms with Crippen molar-refractivity contribution in [2.75, 3.05) is 20.3 Å². The van der Waals surface area contributed by atoms with Crippen LogP contribution in [-0.4, -0.2) is 47.3 Å². The van der Waals surface area contributed by atoms with Gasteiger partial charge in [0, 0.05) is 24.9 Å². The summed E-state index contributed by atoms with van der Waals surface area (Å²) in [6.45, 7) is 1.49. The predicted octanol–water partition coefficient (Wildman–Crippen LogP) is 4.28. The number of thiocarbonyl (C=S) groups is 1. The number of esters is 1. The van der Waals surface area contributed by atoms with Gasteiger partial charge in [0.2, 0.25) is 0 Å². The lowest BCUT2D eigenvalue weighted by molar-refractivity contribution is 0.0600. The van der Waals surface area contributed by atoms with Crippen molar-refractivity contribution in [3.05, 3.63) is 77.8 Å². The molecule has 3 aromatic rings. The van der Waals surface area contributed by atoms with Gasteiger partial charge in [-0.25, -0.2) is 4.79 Å². The number of benzene rings is 1. The number of carbonyl (C=O) groups excluding carboxylic acids is 1. The molecule has 0 saturated carbocycles. The van der Waals surface area contributed by atoms with Gasteiger partial charge in [-0.05, 0) is 61.5 Å². The predicted molar refractivity (Wildman–Crippen MR) is 127 cm³/mol. The van der Waals surface area contributed by atoms with Crippen LogP contribution in [0, 0.1) is 0 Å². The van der Waals surface area contributed by atoms with Gasteiger partial charge in [0.25, 0.3) is 0 Å². The Morgan fingerprint density at radius 2 is 2.06 bits per heavy atom. The Labute approximate surface area is 197 Å². The number of hydrogen-bond acceptors (Lipinski definition) is 6. The molecule has 1 aromatic carbocycles. The minimum Gasteiger partial charge on any atom is -0.465 e. The molecule has 2 fully saturated rings. The Morgan fingerprint density at radius 1 is 1.21 bits per heavy atom. The molecule has 0 radical (unpaired) electrons. The summed E-state index contributed by atoms with van der Waals surface area (Å²) >= 11 is 5.73. The van der Waals surface area contributed by atoms with E-state index in [-0.39, 0.29) is 24.2 Å². The third kappa shape index (κ3) is 4.36. The first-order valence-electron chi connectivity index (χ1n) is 11.0. The Hall–Kier alpha value is -3.23. The molecule has 2 saturated heterocycles. The maximum atomic E-state index is 11.7. The fourth-order valence-corrected chi connectivity index (χ4v) is 4.79. The largest absolute Gasteiger partial charge is 0.465 e. The quantitative estimate of drug-likeness (QED) is 0.429. The lowest BCUT2D eigenvalue weighted by Gasteiger charge is -2.28. The Balaban J connectivity index is 1.46. The first kappa shape index (κ1) is 21.6. The molecular formula is C25H25N3O4S. The highest BCUT2D eigenvalue weighted by molar-refractivity contribution is 7.80. The summed E-state index contributed by atoms with van der Waals surface area (Å²) < 4.78 is 17.0. The monoisotopic (exact) mass is 463 g/mol. The van der Waals surface area contributed by atoms with E-state index >= 15 is 0 Å². The molecule has 2 aliphatic rings. The van der Waals surface area contributed by atoms with Gasteiger partial charge in [0.1, 0.15) is 17.6 Å². The molecule has 0 spiro atoms. The Morgan fingerprint density at radius 3 is 2.76 bits per heavy atom. The van der Waals surface area contributed by atoms with Crippen LogP contribution in [0.4, 0.5) is 0 Å². The molecular weight excluding hydrogens is 438 g/mol. The number of nitrogens with zero attached hydrogens (tertiary/aromatic N) is 2. The van der Waals surface area contributed by atoms with E-state index in [0.717, 1.165) is 42.2 Å². The molecule has 0 amide bonds. The molecule has 7 nitrogen and oxygen atoms in total. The first-order valence-corrected chi connectivity index (χ1v) is 11.4. The molecule has 3 atom stereocenters. The van der Waals surface area contributed by atoms with Crippen LogP contribution in [0.5, 0.6) is 0 Å². The number of pyridine rings is 1. The third-order valence-corrected chi connectivity index (χ3v) is 6.48. The Kier molecular flexibility index (Phi) is 6.11. The molecule has 2 aromatic heterocycles. The van der Waals surface area contributed by atoms with E-state index in [1.807, 2.05) is 42.5 Å². The number of ether oxygens (including phenoxy) is 2. The fourth-order valence-electron chi connectivity index (χ4n) is 4.47. The van der Waals surface area contributed by atoms with E-state index in [0.29, 0.717) is 17.2 Å². The summed E-state index contributed by atoms with van der Waals surface area (Å²) in [5.41, 5.74) is 2.28. The van der Waals surface area contributed by atoms with Gasteiger partial charge in [-0.1, -0.05) is 18.2 Å². The number of hydrogen-bond donors (Lipinski definition) is 1. The molecule has 170 valence electrons. The third-order valence-electron chi connectivity index (χ3n) is 6.13. The number of furan rings is 1. The highest BCUT2D eigenvalue weighted by atomic mass is 32.1. The van der Waals surface area contributed by atoms with Crippen molar-refractivity contribution >= 4 is 23.3 Å². The van der Waals surface area contributed by atoms with Crippen molar-refractivity contribution in [1.29, 1.82) is 0 Å². The van der Waals surface area contributed by atoms with Crippen LogP contribution >= 0.6 is 12.2 Å². The van der Waals surface area contributed by atoms with Gasteiger partial charge in [-0.3, -0.25) is 4.98 Å². The topological polar surface area (TPSA) is 76.8 Å². The van der Waals surface area contributed by atoms with Gasteiger partial charge < -0.3 is 24.1 Å². The van der Waals surface area contributed by atoms with Crippen LogP contribution in [0.1, 0.15) is 46.7 Å². The minimum atomic E-state index is -0.366. The van der Waals surface area contributed by atoms with Crippen molar-refractivity contribution in [3.8, 4) is 11.3 Å². The maximum Gasteiger partial charge on any atom is 0.337 e. The van der Waals surface area contributed by atoms with Gasteiger partial charge in [-0.2, -0.15) is 0 Å². The summed E-state index contributed by atoms with van der Waals surface area (Å²) in [6, 6.07) is 16.7. The van der Waals surface area contributed by atoms with Gasteiger partial charge in [0.05, 0.1) is 30.5 Å². The second kappa shape index (κ2) is 9.33. The van der Waals surface area contributed by atoms with Gasteiger partial charge in [0.15, 0.2) is 5.11 Å². The zero-order valence-electron chi connectivity index (χ0n) is 18.3. The molecule has 8 heteroatoms. The van der Waals surface area contributed by atoms with E-state index < -0.39 is 0 Å². The Bertz CT molecular complexity index is 1130. The smallest absolute Gasteiger partial charge is 0.337 e. The van der Waals surface area contributed by atoms with Gasteiger partial charge in [-0.15, -0.1) is 0 Å². The average molecular weight is 464 g/mol. The number of rotatable bonds is 6. The van der Waals surface area contributed by atoms with Gasteiger partial charge >= 0.3 is 5.97 Å². The van der Waals surface area contributed by atoms with Crippen molar-refractivity contribution in [2.24, 2.45) is 0 Å². The van der Waals surface area contributed by atoms with E-state index in [1.54, 1.807) is 18.3 Å². The van der Waals surface area contributed by atoms with Crippen LogP contribution in [0.2, 0.25) is 0 Å². The maximum absolute atomic E-state index is 11.7. The molecule has 0 bridgehead atoms. The van der Waals surface area contributed by atoms with E-state index in [9.17, 15) is 4.79 Å². The van der Waals surface area contributed by atoms with Crippen LogP contribution in [0.25, 0.3) is 11.3 Å². The molecule has 0 aliphatic carbocycles. The van der Waals surface area contributed by atoms with Crippen LogP contribution in [0.3, 0.4) is 0 Å². The zero-order chi connectivity index (χ0) is 22.8. The van der Waals surface area contributed by atoms with E-state index in [1.165, 1.54) is 7.11 Å². The minimum absolute atomic E-state index is 0.138. The molecule has 4 heterocycles. The van der Waals surface area contributed by atoms with Crippen molar-refractivity contribution in [3.63, 3.8) is 0 Å². The molecule has 33 heavy (non-hydrogen) atoms. The van der Waals surface area contributed by atoms with Crippen molar-refractivity contribution < 1.29 is 18.7 Å². The number of nitrogens with one attached hydrogen (secondary N) is 1. The highest BCUT2D eigenvalue weighted by Crippen LogP contribution is 2.41. The van der Waals surface area contributed by atoms with Crippen LogP contribution in [0.15, 0.2) is 65.2 Å². The van der Waals surface area contributed by atoms with E-state index in [2.05, 4.69) is 15.2 Å². The first-order chi connectivity index (χ1) is 16.1. The highest BCUT2D eigenvalue weighted by Gasteiger charge is 2.42. The van der Waals surface area contributed by atoms with E-state index in [4.69, 9.17) is 26.1 Å². The SMILES string of the molecule is COC(=O)c1ccc(-c2ccc([C@H]3[C@@H](c4ccccn4)NC(=S)N3C[C@@H]3CCCO3)o2)cc1. The number of methoxy groups -OCH3 is 1. The average Bonchev–Trinajstić information content (AvgIpc) is 3.61. The lowest BCUT2D eigenvalue weighted by atomic mass is 10.0. The second-order valence-corrected chi connectivity index (χ2v) is 8.57. The van der Waals surface area contributed by atoms with Crippen molar-refractivity contribution in [2.45, 2.75) is 31.0 Å². The second-order valence-electron chi connectivity index (χ2n) is 8.18. The summed E-state index contributed by atoms with van der Waals surface area (Å²) in [5.74, 6) is 1.15. The number of aromatic nitrogens is 1. The molecule has 2 aliphatic heterocycles. The summed E-state index contributed by atoms with van der Waals surface area (Å²) in [4.78, 5) is 18.5. The lowest BCUT2D eigenvalue weighted by Crippen LogP contribution is -2.36. The fraction of sp³-hybridized carbons (Fsp3) is 0.320. The number of carbonyl (C=O) groups is 1. The van der Waals surface area contributed by atoms with Crippen LogP contribution in [-0.2, 0) is 9.47 Å². The zero-order valence-corrected chi connectivity index (χ0v) is 19.1. The summed E-state index contributed by atoms with van der Waals surface area (Å²) in [7, 11) is 1.37. The normalized spacial score (nSPS) is 22.4. The molecule has 0 unspecified atom stereocenters.